The second-order valence-electron chi connectivity index (χ2n) is 6.55. The largest absolute Gasteiger partial charge is 0.368 e. The first-order valence-corrected chi connectivity index (χ1v) is 8.57. The second-order valence-corrected chi connectivity index (χ2v) is 6.55. The molecule has 1 fully saturated rings. The number of hydrogen-bond acceptors (Lipinski definition) is 4. The third-order valence-electron chi connectivity index (χ3n) is 4.91. The van der Waals surface area contributed by atoms with Gasteiger partial charge in [-0.15, -0.1) is 0 Å². The number of hydrogen-bond donors (Lipinski definition) is 0. The van der Waals surface area contributed by atoms with Gasteiger partial charge in [0, 0.05) is 49.0 Å². The molecule has 0 spiro atoms. The smallest absolute Gasteiger partial charge is 0.140 e. The number of nitriles is 1. The molecule has 2 heterocycles. The number of likely N-dealkylation sites (N-methyl/N-ethyl adjacent to an activating group) is 1. The summed E-state index contributed by atoms with van der Waals surface area (Å²) in [6, 6.07) is 18.9. The molecular weight excluding hydrogens is 308 g/mol. The molecule has 1 aliphatic rings. The molecule has 0 atom stereocenters. The van der Waals surface area contributed by atoms with Crippen molar-refractivity contribution in [2.45, 2.75) is 0 Å². The summed E-state index contributed by atoms with van der Waals surface area (Å²) < 4.78 is 0. The molecular formula is C21H20N4. The number of pyridine rings is 1. The summed E-state index contributed by atoms with van der Waals surface area (Å²) in [5, 5.41) is 11.4. The third-order valence-corrected chi connectivity index (χ3v) is 4.91. The molecule has 0 saturated carbocycles. The Balaban J connectivity index is 1.76. The van der Waals surface area contributed by atoms with Crippen LogP contribution in [0.1, 0.15) is 5.69 Å². The molecule has 124 valence electrons. The summed E-state index contributed by atoms with van der Waals surface area (Å²) in [6.45, 7) is 4.29. The van der Waals surface area contributed by atoms with Crippen molar-refractivity contribution < 1.29 is 0 Å². The summed E-state index contributed by atoms with van der Waals surface area (Å²) in [4.78, 5) is 9.04. The lowest BCUT2D eigenvalue weighted by atomic mass is 10.0. The van der Waals surface area contributed by atoms with Gasteiger partial charge in [-0.2, -0.15) is 5.26 Å². The van der Waals surface area contributed by atoms with Crippen LogP contribution in [0.25, 0.3) is 21.9 Å². The Morgan fingerprint density at radius 1 is 0.960 bits per heavy atom. The van der Waals surface area contributed by atoms with Crippen molar-refractivity contribution in [3.05, 3.63) is 60.4 Å². The van der Waals surface area contributed by atoms with Gasteiger partial charge in [-0.3, -0.25) is 0 Å². The molecule has 1 aliphatic heterocycles. The molecule has 25 heavy (non-hydrogen) atoms. The average molecular weight is 328 g/mol. The second kappa shape index (κ2) is 6.54. The Morgan fingerprint density at radius 2 is 1.76 bits per heavy atom. The van der Waals surface area contributed by atoms with Crippen LogP contribution in [0.2, 0.25) is 0 Å². The Hall–Kier alpha value is -2.90. The molecule has 1 aromatic heterocycles. The molecule has 4 rings (SSSR count). The van der Waals surface area contributed by atoms with Crippen LogP contribution in [-0.2, 0) is 0 Å². The molecule has 0 N–H and O–H groups in total. The molecule has 2 aromatic carbocycles. The van der Waals surface area contributed by atoms with Crippen molar-refractivity contribution in [1.82, 2.24) is 9.88 Å². The lowest BCUT2D eigenvalue weighted by molar-refractivity contribution is 0.313. The van der Waals surface area contributed by atoms with Crippen LogP contribution in [0.5, 0.6) is 0 Å². The molecule has 4 nitrogen and oxygen atoms in total. The highest BCUT2D eigenvalue weighted by Crippen LogP contribution is 2.31. The van der Waals surface area contributed by atoms with E-state index >= 15 is 0 Å². The maximum atomic E-state index is 8.92. The average Bonchev–Trinajstić information content (AvgIpc) is 2.68. The Kier molecular flexibility index (Phi) is 4.09. The third kappa shape index (κ3) is 3.07. The predicted molar refractivity (Wildman–Crippen MR) is 102 cm³/mol. The molecule has 4 heteroatoms. The van der Waals surface area contributed by atoms with E-state index in [0.717, 1.165) is 37.3 Å². The number of anilines is 1. The highest BCUT2D eigenvalue weighted by Gasteiger charge is 2.16. The minimum absolute atomic E-state index is 0.447. The molecule has 0 radical (unpaired) electrons. The van der Waals surface area contributed by atoms with E-state index in [9.17, 15) is 0 Å². The minimum Gasteiger partial charge on any atom is -0.368 e. The van der Waals surface area contributed by atoms with Crippen LogP contribution in [0.3, 0.4) is 0 Å². The van der Waals surface area contributed by atoms with Gasteiger partial charge in [0.2, 0.25) is 0 Å². The van der Waals surface area contributed by atoms with Gasteiger partial charge in [-0.25, -0.2) is 4.98 Å². The van der Waals surface area contributed by atoms with Gasteiger partial charge in [0.05, 0.1) is 0 Å². The lowest BCUT2D eigenvalue weighted by Gasteiger charge is -2.34. The van der Waals surface area contributed by atoms with Crippen molar-refractivity contribution in [3.63, 3.8) is 0 Å². The van der Waals surface area contributed by atoms with Crippen LogP contribution in [0.4, 0.5) is 5.69 Å². The highest BCUT2D eigenvalue weighted by atomic mass is 15.2. The molecule has 0 aliphatic carbocycles. The number of rotatable bonds is 2. The Morgan fingerprint density at radius 3 is 2.48 bits per heavy atom. The molecule has 1 saturated heterocycles. The van der Waals surface area contributed by atoms with E-state index in [1.807, 2.05) is 6.07 Å². The van der Waals surface area contributed by atoms with E-state index in [0.29, 0.717) is 5.69 Å². The summed E-state index contributed by atoms with van der Waals surface area (Å²) >= 11 is 0. The maximum absolute atomic E-state index is 8.92. The zero-order chi connectivity index (χ0) is 17.2. The summed E-state index contributed by atoms with van der Waals surface area (Å²) in [5.41, 5.74) is 3.91. The minimum atomic E-state index is 0.447. The zero-order valence-corrected chi connectivity index (χ0v) is 14.3. The lowest BCUT2D eigenvalue weighted by Crippen LogP contribution is -2.44. The first kappa shape index (κ1) is 15.6. The number of fused-ring (bicyclic) bond motifs is 1. The summed E-state index contributed by atoms with van der Waals surface area (Å²) in [7, 11) is 2.18. The molecule has 0 unspecified atom stereocenters. The van der Waals surface area contributed by atoms with Crippen LogP contribution in [0.15, 0.2) is 54.7 Å². The number of piperazine rings is 1. The topological polar surface area (TPSA) is 43.2 Å². The summed E-state index contributed by atoms with van der Waals surface area (Å²) in [6.07, 6.45) is 1.78. The van der Waals surface area contributed by atoms with Crippen molar-refractivity contribution >= 4 is 16.5 Å². The quantitative estimate of drug-likeness (QED) is 0.722. The standard InChI is InChI=1S/C21H20N4/c1-24-9-11-25(12-10-24)21-4-2-3-16-5-6-17(13-20(16)21)18-7-8-19(14-22)23-15-18/h2-8,13,15H,9-12H2,1H3. The van der Waals surface area contributed by atoms with E-state index in [-0.39, 0.29) is 0 Å². The fourth-order valence-corrected chi connectivity index (χ4v) is 3.39. The van der Waals surface area contributed by atoms with Gasteiger partial charge in [0.15, 0.2) is 0 Å². The number of nitrogens with zero attached hydrogens (tertiary/aromatic N) is 4. The maximum Gasteiger partial charge on any atom is 0.140 e. The Bertz CT molecular complexity index is 932. The van der Waals surface area contributed by atoms with E-state index in [1.165, 1.54) is 16.5 Å². The number of aromatic nitrogens is 1. The van der Waals surface area contributed by atoms with E-state index < -0.39 is 0 Å². The van der Waals surface area contributed by atoms with Gasteiger partial charge < -0.3 is 9.80 Å². The monoisotopic (exact) mass is 328 g/mol. The van der Waals surface area contributed by atoms with E-state index in [1.54, 1.807) is 12.3 Å². The van der Waals surface area contributed by atoms with Gasteiger partial charge >= 0.3 is 0 Å². The Labute approximate surface area is 147 Å². The van der Waals surface area contributed by atoms with Gasteiger partial charge in [-0.1, -0.05) is 24.3 Å². The normalized spacial score (nSPS) is 15.3. The van der Waals surface area contributed by atoms with Gasteiger partial charge in [0.1, 0.15) is 11.8 Å². The highest BCUT2D eigenvalue weighted by molar-refractivity contribution is 5.97. The van der Waals surface area contributed by atoms with Crippen molar-refractivity contribution in [3.8, 4) is 17.2 Å². The van der Waals surface area contributed by atoms with Crippen molar-refractivity contribution in [2.24, 2.45) is 0 Å². The summed E-state index contributed by atoms with van der Waals surface area (Å²) in [5.74, 6) is 0. The number of benzene rings is 2. The zero-order valence-electron chi connectivity index (χ0n) is 14.3. The van der Waals surface area contributed by atoms with Crippen LogP contribution in [-0.4, -0.2) is 43.1 Å². The molecule has 0 amide bonds. The molecule has 0 bridgehead atoms. The van der Waals surface area contributed by atoms with Gasteiger partial charge in [0.25, 0.3) is 0 Å². The molecule has 3 aromatic rings. The van der Waals surface area contributed by atoms with Crippen molar-refractivity contribution in [1.29, 1.82) is 5.26 Å². The van der Waals surface area contributed by atoms with Crippen LogP contribution < -0.4 is 4.90 Å². The first-order valence-electron chi connectivity index (χ1n) is 8.57. The van der Waals surface area contributed by atoms with Crippen molar-refractivity contribution in [2.75, 3.05) is 38.1 Å². The van der Waals surface area contributed by atoms with E-state index in [4.69, 9.17) is 5.26 Å². The SMILES string of the molecule is CN1CCN(c2cccc3ccc(-c4ccc(C#N)nc4)cc23)CC1. The predicted octanol–water partition coefficient (Wildman–Crippen LogP) is 3.53. The van der Waals surface area contributed by atoms with Crippen LogP contribution in [0, 0.1) is 11.3 Å². The fourth-order valence-electron chi connectivity index (χ4n) is 3.39. The van der Waals surface area contributed by atoms with E-state index in [2.05, 4.69) is 64.3 Å². The first-order chi connectivity index (χ1) is 12.2. The van der Waals surface area contributed by atoms with Gasteiger partial charge in [-0.05, 0) is 42.3 Å². The van der Waals surface area contributed by atoms with Crippen LogP contribution >= 0.6 is 0 Å². The fraction of sp³-hybridized carbons (Fsp3) is 0.238.